The number of amides is 1. The zero-order chi connectivity index (χ0) is 18.8. The summed E-state index contributed by atoms with van der Waals surface area (Å²) in [6.45, 7) is 2.07. The highest BCUT2D eigenvalue weighted by Gasteiger charge is 2.26. The molecule has 1 N–H and O–H groups in total. The largest absolute Gasteiger partial charge is 0.465 e. The molecule has 2 aromatic rings. The molecule has 7 heteroatoms. The highest BCUT2D eigenvalue weighted by Crippen LogP contribution is 2.24. The van der Waals surface area contributed by atoms with Crippen molar-refractivity contribution in [1.82, 2.24) is 9.80 Å². The first kappa shape index (κ1) is 17.1. The Morgan fingerprint density at radius 3 is 2.74 bits per heavy atom. The molecule has 0 spiro atoms. The molecule has 2 aliphatic heterocycles. The number of rotatable bonds is 2. The molecule has 1 saturated heterocycles. The average Bonchev–Trinajstić information content (AvgIpc) is 2.88. The Morgan fingerprint density at radius 2 is 1.89 bits per heavy atom. The van der Waals surface area contributed by atoms with E-state index >= 15 is 0 Å². The minimum atomic E-state index is -0.916. The van der Waals surface area contributed by atoms with Crippen LogP contribution in [0, 0.1) is 0 Å². The summed E-state index contributed by atoms with van der Waals surface area (Å²) in [5, 5.41) is 11.1. The number of carbonyl (C=O) groups excluding carboxylic acids is 1. The molecule has 0 unspecified atom stereocenters. The normalized spacial score (nSPS) is 19.2. The van der Waals surface area contributed by atoms with Crippen molar-refractivity contribution < 1.29 is 19.4 Å². The number of hydrogen-bond donors (Lipinski definition) is 1. The predicted molar refractivity (Wildman–Crippen MR) is 100 cm³/mol. The lowest BCUT2D eigenvalue weighted by molar-refractivity contribution is -0.130. The van der Waals surface area contributed by atoms with E-state index in [0.29, 0.717) is 38.5 Å². The summed E-state index contributed by atoms with van der Waals surface area (Å²) in [4.78, 5) is 31.1. The Bertz CT molecular complexity index is 961. The first-order chi connectivity index (χ1) is 13.1. The molecule has 7 nitrogen and oxygen atoms in total. The van der Waals surface area contributed by atoms with E-state index < -0.39 is 12.1 Å². The van der Waals surface area contributed by atoms with Crippen molar-refractivity contribution in [1.29, 1.82) is 0 Å². The van der Waals surface area contributed by atoms with Crippen LogP contribution in [0.5, 0.6) is 0 Å². The minimum Gasteiger partial charge on any atom is -0.465 e. The monoisotopic (exact) mass is 365 g/mol. The number of benzene rings is 2. The lowest BCUT2D eigenvalue weighted by Gasteiger charge is -2.18. The number of hydrogen-bond acceptors (Lipinski definition) is 5. The smallest absolute Gasteiger partial charge is 0.407 e. The summed E-state index contributed by atoms with van der Waals surface area (Å²) in [7, 11) is 0. The van der Waals surface area contributed by atoms with Gasteiger partial charge in [0, 0.05) is 37.9 Å². The predicted octanol–water partition coefficient (Wildman–Crippen LogP) is 2.67. The van der Waals surface area contributed by atoms with Gasteiger partial charge in [0.2, 0.25) is 5.90 Å². The molecule has 0 aliphatic carbocycles. The maximum Gasteiger partial charge on any atom is 0.407 e. The Kier molecular flexibility index (Phi) is 4.50. The second-order valence-electron chi connectivity index (χ2n) is 6.51. The summed E-state index contributed by atoms with van der Waals surface area (Å²) >= 11 is 0. The second-order valence-corrected chi connectivity index (χ2v) is 6.51. The third-order valence-corrected chi connectivity index (χ3v) is 4.75. The second kappa shape index (κ2) is 7.11. The van der Waals surface area contributed by atoms with Crippen molar-refractivity contribution in [2.75, 3.05) is 26.2 Å². The molecule has 138 valence electrons. The number of carbonyl (C=O) groups is 2. The van der Waals surface area contributed by atoms with E-state index in [1.165, 1.54) is 4.90 Å². The molecule has 2 heterocycles. The molecule has 1 amide bonds. The van der Waals surface area contributed by atoms with Gasteiger partial charge in [-0.2, -0.15) is 0 Å². The van der Waals surface area contributed by atoms with Crippen molar-refractivity contribution in [2.45, 2.75) is 6.42 Å². The quantitative estimate of drug-likeness (QED) is 0.654. The molecule has 2 aliphatic rings. The minimum absolute atomic E-state index is 0.238. The number of ether oxygens (including phenoxy) is 1. The molecular formula is C20H19N3O4. The average molecular weight is 365 g/mol. The zero-order valence-electron chi connectivity index (χ0n) is 14.7. The van der Waals surface area contributed by atoms with Gasteiger partial charge in [0.05, 0.1) is 0 Å². The third-order valence-electron chi connectivity index (χ3n) is 4.75. The van der Waals surface area contributed by atoms with Crippen LogP contribution in [0.1, 0.15) is 12.0 Å². The summed E-state index contributed by atoms with van der Waals surface area (Å²) in [6, 6.07) is 13.7. The van der Waals surface area contributed by atoms with Crippen LogP contribution in [0.15, 0.2) is 59.4 Å². The van der Waals surface area contributed by atoms with Crippen LogP contribution in [0.4, 0.5) is 4.79 Å². The summed E-state index contributed by atoms with van der Waals surface area (Å²) in [5.74, 6) is -0.192. The highest BCUT2D eigenvalue weighted by molar-refractivity contribution is 6.16. The Balaban J connectivity index is 1.59. The van der Waals surface area contributed by atoms with Crippen LogP contribution in [0.3, 0.4) is 0 Å². The Morgan fingerprint density at radius 1 is 1.07 bits per heavy atom. The molecule has 0 saturated carbocycles. The van der Waals surface area contributed by atoms with Gasteiger partial charge in [-0.1, -0.05) is 36.4 Å². The van der Waals surface area contributed by atoms with Crippen LogP contribution < -0.4 is 0 Å². The van der Waals surface area contributed by atoms with Crippen LogP contribution >= 0.6 is 0 Å². The zero-order valence-corrected chi connectivity index (χ0v) is 14.7. The van der Waals surface area contributed by atoms with E-state index in [9.17, 15) is 9.59 Å². The lowest BCUT2D eigenvalue weighted by Crippen LogP contribution is -2.33. The number of fused-ring (bicyclic) bond motifs is 1. The Hall–Kier alpha value is -3.35. The van der Waals surface area contributed by atoms with E-state index in [1.54, 1.807) is 6.20 Å². The van der Waals surface area contributed by atoms with Gasteiger partial charge in [-0.05, 0) is 23.3 Å². The maximum atomic E-state index is 12.3. The number of esters is 1. The first-order valence-electron chi connectivity index (χ1n) is 8.84. The number of aliphatic imine (C=N–C) groups is 1. The van der Waals surface area contributed by atoms with E-state index in [4.69, 9.17) is 9.84 Å². The van der Waals surface area contributed by atoms with Crippen molar-refractivity contribution in [2.24, 2.45) is 4.99 Å². The molecule has 1 fully saturated rings. The molecule has 0 atom stereocenters. The van der Waals surface area contributed by atoms with E-state index in [0.717, 1.165) is 16.3 Å². The standard InChI is InChI=1S/C20H19N3O4/c24-19-17(13-22-9-4-10-23(12-11-22)20(25)26)21-18(27-19)16-8-3-6-14-5-1-2-7-15(14)16/h1-3,5-8,13H,4,9-12H2,(H,25,26)/b17-13+. The van der Waals surface area contributed by atoms with Crippen LogP contribution in [0.2, 0.25) is 0 Å². The maximum absolute atomic E-state index is 12.3. The topological polar surface area (TPSA) is 82.4 Å². The molecule has 0 radical (unpaired) electrons. The molecule has 0 aromatic heterocycles. The van der Waals surface area contributed by atoms with Crippen LogP contribution in [-0.4, -0.2) is 59.0 Å². The fourth-order valence-corrected chi connectivity index (χ4v) is 3.36. The summed E-state index contributed by atoms with van der Waals surface area (Å²) < 4.78 is 5.41. The fraction of sp³-hybridized carbons (Fsp3) is 0.250. The van der Waals surface area contributed by atoms with Gasteiger partial charge in [0.15, 0.2) is 5.70 Å². The molecular weight excluding hydrogens is 346 g/mol. The van der Waals surface area contributed by atoms with Gasteiger partial charge < -0.3 is 19.6 Å². The van der Waals surface area contributed by atoms with Crippen molar-refractivity contribution in [3.05, 3.63) is 59.9 Å². The van der Waals surface area contributed by atoms with Crippen molar-refractivity contribution in [3.8, 4) is 0 Å². The molecule has 4 rings (SSSR count). The third kappa shape index (κ3) is 3.48. The van der Waals surface area contributed by atoms with E-state index in [-0.39, 0.29) is 5.70 Å². The van der Waals surface area contributed by atoms with Gasteiger partial charge in [0.25, 0.3) is 0 Å². The fourth-order valence-electron chi connectivity index (χ4n) is 3.36. The molecule has 0 bridgehead atoms. The number of nitrogens with zero attached hydrogens (tertiary/aromatic N) is 3. The van der Waals surface area contributed by atoms with Gasteiger partial charge in [-0.15, -0.1) is 0 Å². The summed E-state index contributed by atoms with van der Waals surface area (Å²) in [6.07, 6.45) is 1.46. The summed E-state index contributed by atoms with van der Waals surface area (Å²) in [5.41, 5.74) is 1.01. The van der Waals surface area contributed by atoms with Gasteiger partial charge in [-0.25, -0.2) is 14.6 Å². The van der Waals surface area contributed by atoms with Gasteiger partial charge in [-0.3, -0.25) is 0 Å². The highest BCUT2D eigenvalue weighted by atomic mass is 16.6. The lowest BCUT2D eigenvalue weighted by atomic mass is 10.0. The first-order valence-corrected chi connectivity index (χ1v) is 8.84. The van der Waals surface area contributed by atoms with E-state index in [1.807, 2.05) is 47.4 Å². The number of carboxylic acid groups (broad SMARTS) is 1. The van der Waals surface area contributed by atoms with Gasteiger partial charge in [0.1, 0.15) is 0 Å². The molecule has 27 heavy (non-hydrogen) atoms. The van der Waals surface area contributed by atoms with Crippen molar-refractivity contribution in [3.63, 3.8) is 0 Å². The molecule has 2 aromatic carbocycles. The Labute approximate surface area is 156 Å². The van der Waals surface area contributed by atoms with Crippen molar-refractivity contribution >= 4 is 28.7 Å². The van der Waals surface area contributed by atoms with Crippen LogP contribution in [-0.2, 0) is 9.53 Å². The number of cyclic esters (lactones) is 1. The van der Waals surface area contributed by atoms with E-state index in [2.05, 4.69) is 4.99 Å². The van der Waals surface area contributed by atoms with Gasteiger partial charge >= 0.3 is 12.1 Å². The SMILES string of the molecule is O=C1OC(c2cccc3ccccc23)=N/C1=C/N1CCCN(C(=O)O)CC1. The van der Waals surface area contributed by atoms with Crippen LogP contribution in [0.25, 0.3) is 10.8 Å².